The lowest BCUT2D eigenvalue weighted by Gasteiger charge is -2.18. The van der Waals surface area contributed by atoms with Gasteiger partial charge in [-0.05, 0) is 12.5 Å². The first-order chi connectivity index (χ1) is 10.1. The Hall–Kier alpha value is -2.03. The zero-order valence-electron chi connectivity index (χ0n) is 11.9. The summed E-state index contributed by atoms with van der Waals surface area (Å²) in [6.45, 7) is 0.253. The summed E-state index contributed by atoms with van der Waals surface area (Å²) in [7, 11) is 0. The summed E-state index contributed by atoms with van der Waals surface area (Å²) < 4.78 is 38.7. The molecule has 1 aliphatic heterocycles. The zero-order chi connectivity index (χ0) is 16.7. The van der Waals surface area contributed by atoms with Crippen LogP contribution in [0.15, 0.2) is 17.1 Å². The predicted octanol–water partition coefficient (Wildman–Crippen LogP) is 1.44. The molecule has 1 aromatic rings. The number of carbonyl (C=O) groups excluding carboxylic acids is 1. The molecule has 128 valence electrons. The molecule has 1 saturated heterocycles. The minimum atomic E-state index is -4.70. The number of aromatic amines is 1. The highest BCUT2D eigenvalue weighted by atomic mass is 35.5. The molecule has 0 spiro atoms. The lowest BCUT2D eigenvalue weighted by atomic mass is 9.96. The average molecular weight is 355 g/mol. The van der Waals surface area contributed by atoms with Crippen molar-refractivity contribution in [2.24, 2.45) is 11.8 Å². The van der Waals surface area contributed by atoms with Crippen LogP contribution in [-0.2, 0) is 4.79 Å². The van der Waals surface area contributed by atoms with Crippen LogP contribution in [0.25, 0.3) is 0 Å². The van der Waals surface area contributed by atoms with Gasteiger partial charge in [0.15, 0.2) is 0 Å². The summed E-state index contributed by atoms with van der Waals surface area (Å²) in [5, 5.41) is 8.92. The van der Waals surface area contributed by atoms with Crippen LogP contribution >= 0.6 is 12.4 Å². The number of rotatable bonds is 2. The Balaban J connectivity index is 0.00000264. The number of aryl methyl sites for hydroxylation is 1. The maximum atomic E-state index is 12.9. The van der Waals surface area contributed by atoms with Gasteiger partial charge in [0.1, 0.15) is 0 Å². The summed E-state index contributed by atoms with van der Waals surface area (Å²) in [6, 6.07) is 1.15. The van der Waals surface area contributed by atoms with Crippen molar-refractivity contribution in [2.45, 2.75) is 13.1 Å². The van der Waals surface area contributed by atoms with Gasteiger partial charge in [-0.3, -0.25) is 14.4 Å². The van der Waals surface area contributed by atoms with E-state index in [0.717, 1.165) is 17.2 Å². The molecule has 0 aromatic carbocycles. The summed E-state index contributed by atoms with van der Waals surface area (Å²) in [5.41, 5.74) is -0.0744. The molecule has 2 atom stereocenters. The maximum absolute atomic E-state index is 12.9. The third kappa shape index (κ3) is 3.84. The van der Waals surface area contributed by atoms with Crippen LogP contribution in [0.2, 0.25) is 0 Å². The molecule has 10 heteroatoms. The van der Waals surface area contributed by atoms with Gasteiger partial charge in [0, 0.05) is 25.4 Å². The van der Waals surface area contributed by atoms with Gasteiger partial charge in [-0.2, -0.15) is 13.2 Å². The maximum Gasteiger partial charge on any atom is 0.394 e. The van der Waals surface area contributed by atoms with E-state index < -0.39 is 48.5 Å². The van der Waals surface area contributed by atoms with Gasteiger partial charge in [0.2, 0.25) is 5.56 Å². The average Bonchev–Trinajstić information content (AvgIpc) is 2.83. The normalized spacial score (nSPS) is 21.0. The lowest BCUT2D eigenvalue weighted by molar-refractivity contribution is -0.187. The van der Waals surface area contributed by atoms with Crippen molar-refractivity contribution in [2.75, 3.05) is 13.1 Å². The molecule has 6 nitrogen and oxygen atoms in total. The zero-order valence-corrected chi connectivity index (χ0v) is 12.7. The van der Waals surface area contributed by atoms with Crippen LogP contribution in [0.5, 0.6) is 0 Å². The Morgan fingerprint density at radius 3 is 2.39 bits per heavy atom. The van der Waals surface area contributed by atoms with E-state index in [-0.39, 0.29) is 18.0 Å². The van der Waals surface area contributed by atoms with Crippen molar-refractivity contribution in [3.8, 4) is 0 Å². The Bertz CT molecular complexity index is 674. The molecular weight excluding hydrogens is 341 g/mol. The number of alkyl halides is 3. The van der Waals surface area contributed by atoms with E-state index in [1.807, 2.05) is 0 Å². The number of nitrogens with zero attached hydrogens (tertiary/aromatic N) is 1. The smallest absolute Gasteiger partial charge is 0.394 e. The number of carboxylic acid groups (broad SMARTS) is 1. The molecule has 1 aliphatic rings. The molecule has 0 unspecified atom stereocenters. The van der Waals surface area contributed by atoms with Gasteiger partial charge in [-0.25, -0.2) is 0 Å². The van der Waals surface area contributed by atoms with Crippen LogP contribution in [0, 0.1) is 18.8 Å². The first-order valence-corrected chi connectivity index (χ1v) is 6.39. The number of carboxylic acids is 1. The molecule has 0 radical (unpaired) electrons. The minimum absolute atomic E-state index is 0. The summed E-state index contributed by atoms with van der Waals surface area (Å²) in [5.74, 6) is -6.10. The Kier molecular flexibility index (Phi) is 5.47. The van der Waals surface area contributed by atoms with Gasteiger partial charge in [0.05, 0.1) is 17.4 Å². The van der Waals surface area contributed by atoms with Crippen LogP contribution in [-0.4, -0.2) is 46.1 Å². The van der Waals surface area contributed by atoms with Gasteiger partial charge < -0.3 is 15.0 Å². The number of aliphatic carboxylic acids is 1. The van der Waals surface area contributed by atoms with Crippen molar-refractivity contribution < 1.29 is 27.9 Å². The minimum Gasteiger partial charge on any atom is -0.481 e. The highest BCUT2D eigenvalue weighted by Crippen LogP contribution is 2.38. The third-order valence-electron chi connectivity index (χ3n) is 3.71. The number of halogens is 4. The first-order valence-electron chi connectivity index (χ1n) is 6.39. The number of H-pyrrole nitrogens is 1. The number of carbonyl (C=O) groups is 2. The van der Waals surface area contributed by atoms with Crippen molar-refractivity contribution in [1.29, 1.82) is 0 Å². The Labute approximate surface area is 134 Å². The van der Waals surface area contributed by atoms with Crippen molar-refractivity contribution in [3.05, 3.63) is 33.7 Å². The SMILES string of the molecule is Cc1cc(=O)[nH]cc1C(=O)N1C[C@@H](C(F)(F)F)[C@H](C(=O)O)C1.Cl. The molecule has 1 fully saturated rings. The molecule has 2 heterocycles. The second-order valence-electron chi connectivity index (χ2n) is 5.20. The van der Waals surface area contributed by atoms with E-state index in [1.165, 1.54) is 6.92 Å². The quantitative estimate of drug-likeness (QED) is 0.841. The summed E-state index contributed by atoms with van der Waals surface area (Å²) in [6.07, 6.45) is -3.57. The molecule has 2 N–H and O–H groups in total. The largest absolute Gasteiger partial charge is 0.481 e. The van der Waals surface area contributed by atoms with Crippen molar-refractivity contribution >= 4 is 24.3 Å². The fourth-order valence-electron chi connectivity index (χ4n) is 2.53. The molecule has 1 amide bonds. The van der Waals surface area contributed by atoms with E-state index in [4.69, 9.17) is 5.11 Å². The van der Waals surface area contributed by atoms with Gasteiger partial charge in [0.25, 0.3) is 5.91 Å². The van der Waals surface area contributed by atoms with Crippen LogP contribution in [0.4, 0.5) is 13.2 Å². The number of likely N-dealkylation sites (tertiary alicyclic amines) is 1. The number of amides is 1. The van der Waals surface area contributed by atoms with E-state index in [1.54, 1.807) is 0 Å². The van der Waals surface area contributed by atoms with E-state index >= 15 is 0 Å². The molecule has 2 rings (SSSR count). The molecule has 0 bridgehead atoms. The highest BCUT2D eigenvalue weighted by Gasteiger charge is 2.53. The van der Waals surface area contributed by atoms with Crippen molar-refractivity contribution in [3.63, 3.8) is 0 Å². The first kappa shape index (κ1) is 19.0. The monoisotopic (exact) mass is 354 g/mol. The van der Waals surface area contributed by atoms with Gasteiger partial charge >= 0.3 is 12.1 Å². The standard InChI is InChI=1S/C13H13F3N2O4.ClH/c1-6-2-10(19)17-3-7(6)11(20)18-4-8(12(21)22)9(5-18)13(14,15)16;/h2-3,8-9H,4-5H2,1H3,(H,17,19)(H,21,22);1H/t8-,9-;/m1./s1. The van der Waals surface area contributed by atoms with E-state index in [2.05, 4.69) is 4.98 Å². The summed E-state index contributed by atoms with van der Waals surface area (Å²) in [4.78, 5) is 37.5. The topological polar surface area (TPSA) is 90.5 Å². The molecule has 23 heavy (non-hydrogen) atoms. The number of aromatic nitrogens is 1. The van der Waals surface area contributed by atoms with Crippen molar-refractivity contribution in [1.82, 2.24) is 9.88 Å². The number of hydrogen-bond donors (Lipinski definition) is 2. The molecule has 0 saturated carbocycles. The van der Waals surface area contributed by atoms with E-state index in [9.17, 15) is 27.6 Å². The number of hydrogen-bond acceptors (Lipinski definition) is 3. The lowest BCUT2D eigenvalue weighted by Crippen LogP contribution is -2.34. The Morgan fingerprint density at radius 2 is 1.96 bits per heavy atom. The highest BCUT2D eigenvalue weighted by molar-refractivity contribution is 5.95. The second kappa shape index (κ2) is 6.61. The Morgan fingerprint density at radius 1 is 1.35 bits per heavy atom. The predicted molar refractivity (Wildman–Crippen MR) is 75.6 cm³/mol. The molecular formula is C13H14ClF3N2O4. The fourth-order valence-corrected chi connectivity index (χ4v) is 2.53. The number of nitrogens with one attached hydrogen (secondary N) is 1. The van der Waals surface area contributed by atoms with Crippen LogP contribution in [0.1, 0.15) is 15.9 Å². The van der Waals surface area contributed by atoms with E-state index in [0.29, 0.717) is 5.56 Å². The summed E-state index contributed by atoms with van der Waals surface area (Å²) >= 11 is 0. The van der Waals surface area contributed by atoms with Gasteiger partial charge in [-0.1, -0.05) is 0 Å². The molecule has 1 aromatic heterocycles. The number of pyridine rings is 1. The second-order valence-corrected chi connectivity index (χ2v) is 5.20. The van der Waals surface area contributed by atoms with Crippen LogP contribution in [0.3, 0.4) is 0 Å². The third-order valence-corrected chi connectivity index (χ3v) is 3.71. The fraction of sp³-hybridized carbons (Fsp3) is 0.462. The van der Waals surface area contributed by atoms with Gasteiger partial charge in [-0.15, -0.1) is 12.4 Å². The van der Waals surface area contributed by atoms with Crippen LogP contribution < -0.4 is 5.56 Å². The molecule has 0 aliphatic carbocycles.